The topological polar surface area (TPSA) is 116 Å². The minimum Gasteiger partial charge on any atom is -0.476 e. The lowest BCUT2D eigenvalue weighted by Gasteiger charge is -2.14. The highest BCUT2D eigenvalue weighted by atomic mass is 35.5. The van der Waals surface area contributed by atoms with Crippen LogP contribution in [0.4, 0.5) is 0 Å². The zero-order valence-corrected chi connectivity index (χ0v) is 16.3. The van der Waals surface area contributed by atoms with Crippen molar-refractivity contribution in [3.8, 4) is 5.69 Å². The summed E-state index contributed by atoms with van der Waals surface area (Å²) in [5.41, 5.74) is 11.5. The number of hydrogen-bond acceptors (Lipinski definition) is 4. The zero-order valence-electron chi connectivity index (χ0n) is 14.8. The lowest BCUT2D eigenvalue weighted by Crippen LogP contribution is -2.10. The zero-order chi connectivity index (χ0) is 20.5. The number of imidazole rings is 1. The molecular formula is C19H12Cl2N6O2. The smallest absolute Gasteiger partial charge is 0.356 e. The molecule has 144 valence electrons. The Morgan fingerprint density at radius 3 is 2.76 bits per heavy atom. The van der Waals surface area contributed by atoms with E-state index < -0.39 is 5.97 Å². The number of carboxylic acid groups (broad SMARTS) is 1. The van der Waals surface area contributed by atoms with Crippen molar-refractivity contribution in [2.24, 2.45) is 10.1 Å². The minimum absolute atomic E-state index is 0.0533. The third-order valence-corrected chi connectivity index (χ3v) is 5.06. The number of rotatable bonds is 4. The molecule has 2 heterocycles. The minimum atomic E-state index is -1.19. The first-order chi connectivity index (χ1) is 14.0. The molecule has 0 amide bonds. The van der Waals surface area contributed by atoms with Crippen molar-refractivity contribution in [2.45, 2.75) is 13.1 Å². The predicted molar refractivity (Wildman–Crippen MR) is 109 cm³/mol. The van der Waals surface area contributed by atoms with E-state index in [1.807, 2.05) is 18.2 Å². The number of aromatic carboxylic acids is 1. The largest absolute Gasteiger partial charge is 0.476 e. The molecule has 4 rings (SSSR count). The van der Waals surface area contributed by atoms with Crippen molar-refractivity contribution < 1.29 is 9.90 Å². The van der Waals surface area contributed by atoms with E-state index in [2.05, 4.69) is 20.0 Å². The summed E-state index contributed by atoms with van der Waals surface area (Å²) >= 11 is 12.7. The number of carboxylic acids is 1. The van der Waals surface area contributed by atoms with E-state index in [-0.39, 0.29) is 18.8 Å². The predicted octanol–water partition coefficient (Wildman–Crippen LogP) is 5.04. The molecule has 0 saturated carbocycles. The third kappa shape index (κ3) is 3.34. The number of fused-ring (bicyclic) bond motifs is 3. The van der Waals surface area contributed by atoms with Crippen molar-refractivity contribution in [3.63, 3.8) is 0 Å². The van der Waals surface area contributed by atoms with Crippen LogP contribution in [0.3, 0.4) is 0 Å². The summed E-state index contributed by atoms with van der Waals surface area (Å²) in [4.78, 5) is 23.4. The van der Waals surface area contributed by atoms with Crippen molar-refractivity contribution >= 4 is 34.9 Å². The molecule has 0 saturated heterocycles. The number of benzene rings is 2. The number of aliphatic imine (C=N–C) groups is 1. The van der Waals surface area contributed by atoms with E-state index in [0.717, 1.165) is 0 Å². The molecule has 2 aromatic carbocycles. The van der Waals surface area contributed by atoms with Gasteiger partial charge in [0.05, 0.1) is 30.2 Å². The number of hydrogen-bond donors (Lipinski definition) is 1. The van der Waals surface area contributed by atoms with Gasteiger partial charge in [0.15, 0.2) is 5.69 Å². The van der Waals surface area contributed by atoms with E-state index in [0.29, 0.717) is 44.1 Å². The van der Waals surface area contributed by atoms with Crippen LogP contribution in [-0.4, -0.2) is 26.3 Å². The Morgan fingerprint density at radius 1 is 1.24 bits per heavy atom. The van der Waals surface area contributed by atoms with Gasteiger partial charge in [-0.15, -0.1) is 0 Å². The van der Waals surface area contributed by atoms with E-state index in [4.69, 9.17) is 28.7 Å². The number of nitrogens with zero attached hydrogens (tertiary/aromatic N) is 6. The van der Waals surface area contributed by atoms with E-state index in [9.17, 15) is 9.90 Å². The van der Waals surface area contributed by atoms with Crippen LogP contribution in [0.1, 0.15) is 33.1 Å². The fourth-order valence-corrected chi connectivity index (χ4v) is 3.72. The fourth-order valence-electron chi connectivity index (χ4n) is 3.32. The molecule has 0 atom stereocenters. The molecule has 3 aromatic rings. The first kappa shape index (κ1) is 19.0. The van der Waals surface area contributed by atoms with E-state index >= 15 is 0 Å². The molecule has 1 aromatic heterocycles. The van der Waals surface area contributed by atoms with Gasteiger partial charge in [-0.3, -0.25) is 9.56 Å². The van der Waals surface area contributed by atoms with Gasteiger partial charge in [0.1, 0.15) is 5.82 Å². The average molecular weight is 427 g/mol. The maximum absolute atomic E-state index is 11.8. The lowest BCUT2D eigenvalue weighted by atomic mass is 10.0. The number of carbonyl (C=O) groups is 1. The molecule has 1 aliphatic rings. The number of aromatic nitrogens is 2. The molecule has 0 aliphatic carbocycles. The van der Waals surface area contributed by atoms with Crippen molar-refractivity contribution in [3.05, 3.63) is 91.3 Å². The van der Waals surface area contributed by atoms with Gasteiger partial charge < -0.3 is 5.11 Å². The molecule has 0 spiro atoms. The Labute approximate surface area is 174 Å². The van der Waals surface area contributed by atoms with Gasteiger partial charge in [-0.05, 0) is 29.8 Å². The molecule has 0 radical (unpaired) electrons. The van der Waals surface area contributed by atoms with Gasteiger partial charge >= 0.3 is 5.97 Å². The van der Waals surface area contributed by atoms with Crippen LogP contribution in [0.25, 0.3) is 16.1 Å². The van der Waals surface area contributed by atoms with Crippen LogP contribution in [-0.2, 0) is 13.1 Å². The quantitative estimate of drug-likeness (QED) is 0.357. The van der Waals surface area contributed by atoms with E-state index in [1.54, 1.807) is 28.8 Å². The SMILES string of the molecule is [N-]=[N+]=NCc1nc(C(=O)O)c2n1-c1ccc(Cl)cc1C(c1ccccc1Cl)=NC2. The third-order valence-electron chi connectivity index (χ3n) is 4.49. The second-order valence-electron chi connectivity index (χ2n) is 6.16. The number of azide groups is 1. The summed E-state index contributed by atoms with van der Waals surface area (Å²) in [6, 6.07) is 12.4. The summed E-state index contributed by atoms with van der Waals surface area (Å²) in [6.07, 6.45) is 0. The molecule has 1 N–H and O–H groups in total. The summed E-state index contributed by atoms with van der Waals surface area (Å²) in [5.74, 6) is -0.887. The monoisotopic (exact) mass is 426 g/mol. The molecule has 0 fully saturated rings. The van der Waals surface area contributed by atoms with Crippen LogP contribution in [0, 0.1) is 0 Å². The summed E-state index contributed by atoms with van der Waals surface area (Å²) in [7, 11) is 0. The van der Waals surface area contributed by atoms with Gasteiger partial charge in [0, 0.05) is 26.1 Å². The molecule has 1 aliphatic heterocycles. The Hall–Kier alpha value is -3.32. The Bertz CT molecular complexity index is 1230. The van der Waals surface area contributed by atoms with Crippen molar-refractivity contribution in [1.29, 1.82) is 0 Å². The lowest BCUT2D eigenvalue weighted by molar-refractivity contribution is 0.0689. The standard InChI is InChI=1S/C19H12Cl2N6O2/c20-10-5-6-14-12(7-10)17(11-3-1-2-4-13(11)21)23-8-15-18(19(28)29)25-16(27(14)15)9-24-26-22/h1-7H,8-9H2,(H,28,29). The molecule has 10 heteroatoms. The maximum Gasteiger partial charge on any atom is 0.356 e. The molecule has 0 bridgehead atoms. The molecule has 0 unspecified atom stereocenters. The van der Waals surface area contributed by atoms with Crippen molar-refractivity contribution in [2.75, 3.05) is 0 Å². The second-order valence-corrected chi connectivity index (χ2v) is 7.00. The Kier molecular flexibility index (Phi) is 4.98. The number of halogens is 2. The van der Waals surface area contributed by atoms with Gasteiger partial charge in [0.2, 0.25) is 0 Å². The first-order valence-corrected chi connectivity index (χ1v) is 9.21. The molecule has 8 nitrogen and oxygen atoms in total. The van der Waals surface area contributed by atoms with Crippen molar-refractivity contribution in [1.82, 2.24) is 9.55 Å². The van der Waals surface area contributed by atoms with Crippen LogP contribution in [0.15, 0.2) is 52.6 Å². The summed E-state index contributed by atoms with van der Waals surface area (Å²) in [6.45, 7) is -0.0575. The van der Waals surface area contributed by atoms with Gasteiger partial charge in [-0.25, -0.2) is 9.78 Å². The highest BCUT2D eigenvalue weighted by Crippen LogP contribution is 2.32. The average Bonchev–Trinajstić information content (AvgIpc) is 2.98. The Morgan fingerprint density at radius 2 is 2.03 bits per heavy atom. The van der Waals surface area contributed by atoms with Gasteiger partial charge in [-0.1, -0.05) is 46.5 Å². The normalized spacial score (nSPS) is 12.3. The van der Waals surface area contributed by atoms with E-state index in [1.165, 1.54) is 0 Å². The highest BCUT2D eigenvalue weighted by Gasteiger charge is 2.28. The summed E-state index contributed by atoms with van der Waals surface area (Å²) in [5, 5.41) is 14.2. The highest BCUT2D eigenvalue weighted by molar-refractivity contribution is 6.36. The fraction of sp³-hybridized carbons (Fsp3) is 0.105. The van der Waals surface area contributed by atoms with Crippen LogP contribution in [0.2, 0.25) is 10.0 Å². The van der Waals surface area contributed by atoms with Crippen LogP contribution < -0.4 is 0 Å². The van der Waals surface area contributed by atoms with Crippen LogP contribution in [0.5, 0.6) is 0 Å². The first-order valence-electron chi connectivity index (χ1n) is 8.45. The molecular weight excluding hydrogens is 415 g/mol. The Balaban J connectivity index is 2.04. The van der Waals surface area contributed by atoms with Gasteiger partial charge in [0.25, 0.3) is 0 Å². The second kappa shape index (κ2) is 7.60. The van der Waals surface area contributed by atoms with Crippen LogP contribution >= 0.6 is 23.2 Å². The summed E-state index contributed by atoms with van der Waals surface area (Å²) < 4.78 is 1.66. The molecule has 29 heavy (non-hydrogen) atoms. The maximum atomic E-state index is 11.8. The van der Waals surface area contributed by atoms with Gasteiger partial charge in [-0.2, -0.15) is 0 Å².